The highest BCUT2D eigenvalue weighted by Gasteiger charge is 2.32. The molecule has 1 aliphatic heterocycles. The number of thiazole rings is 1. The van der Waals surface area contributed by atoms with Gasteiger partial charge in [0.15, 0.2) is 0 Å². The van der Waals surface area contributed by atoms with Crippen molar-refractivity contribution in [2.45, 2.75) is 19.0 Å². The number of rotatable bonds is 5. The molecule has 0 bridgehead atoms. The van der Waals surface area contributed by atoms with Crippen LogP contribution in [0.25, 0.3) is 0 Å². The Morgan fingerprint density at radius 1 is 1.50 bits per heavy atom. The minimum absolute atomic E-state index is 0.183. The molecule has 6 heteroatoms. The van der Waals surface area contributed by atoms with Gasteiger partial charge in [0.25, 0.3) is 0 Å². The number of benzene rings is 1. The third-order valence-electron chi connectivity index (χ3n) is 4.26. The standard InChI is InChI=1S/C16H19ClFN3S/c1-21-5-4-12(7-19-8-13-9-22-10-20-13)16(21)11-2-3-14(17)15(18)6-11/h2-3,6,9-10,12,16,19H,4-5,7-8H2,1H3. The van der Waals surface area contributed by atoms with Gasteiger partial charge >= 0.3 is 0 Å². The SMILES string of the molecule is CN1CCC(CNCc2cscn2)C1c1ccc(Cl)c(F)c1. The molecule has 2 atom stereocenters. The van der Waals surface area contributed by atoms with Crippen LogP contribution >= 0.6 is 22.9 Å². The molecule has 0 saturated carbocycles. The van der Waals surface area contributed by atoms with Gasteiger partial charge in [-0.3, -0.25) is 4.90 Å². The highest BCUT2D eigenvalue weighted by Crippen LogP contribution is 2.36. The Hall–Kier alpha value is -1.01. The number of hydrogen-bond acceptors (Lipinski definition) is 4. The molecule has 1 fully saturated rings. The average Bonchev–Trinajstić information content (AvgIpc) is 3.13. The lowest BCUT2D eigenvalue weighted by atomic mass is 9.93. The fraction of sp³-hybridized carbons (Fsp3) is 0.438. The number of halogens is 2. The molecular weight excluding hydrogens is 321 g/mol. The van der Waals surface area contributed by atoms with Crippen molar-refractivity contribution in [2.24, 2.45) is 5.92 Å². The number of hydrogen-bond donors (Lipinski definition) is 1. The van der Waals surface area contributed by atoms with Gasteiger partial charge in [0, 0.05) is 24.5 Å². The minimum atomic E-state index is -0.339. The van der Waals surface area contributed by atoms with E-state index in [4.69, 9.17) is 11.6 Å². The minimum Gasteiger partial charge on any atom is -0.311 e. The Morgan fingerprint density at radius 2 is 2.36 bits per heavy atom. The van der Waals surface area contributed by atoms with Gasteiger partial charge in [0.05, 0.1) is 16.2 Å². The van der Waals surface area contributed by atoms with Gasteiger partial charge in [0.1, 0.15) is 5.82 Å². The van der Waals surface area contributed by atoms with Crippen LogP contribution in [0.15, 0.2) is 29.1 Å². The molecule has 3 rings (SSSR count). The van der Waals surface area contributed by atoms with Crippen molar-refractivity contribution in [3.63, 3.8) is 0 Å². The zero-order chi connectivity index (χ0) is 15.5. The molecule has 2 aromatic rings. The lowest BCUT2D eigenvalue weighted by Crippen LogP contribution is -2.28. The maximum atomic E-state index is 13.8. The summed E-state index contributed by atoms with van der Waals surface area (Å²) in [5.74, 6) is 0.123. The number of aromatic nitrogens is 1. The first-order valence-electron chi connectivity index (χ1n) is 7.38. The lowest BCUT2D eigenvalue weighted by Gasteiger charge is -2.26. The van der Waals surface area contributed by atoms with E-state index in [0.29, 0.717) is 5.92 Å². The lowest BCUT2D eigenvalue weighted by molar-refractivity contribution is 0.271. The van der Waals surface area contributed by atoms with E-state index in [9.17, 15) is 4.39 Å². The zero-order valence-corrected chi connectivity index (χ0v) is 14.0. The van der Waals surface area contributed by atoms with Crippen LogP contribution in [-0.4, -0.2) is 30.0 Å². The fourth-order valence-corrected chi connectivity index (χ4v) is 3.85. The van der Waals surface area contributed by atoms with Gasteiger partial charge in [-0.1, -0.05) is 17.7 Å². The summed E-state index contributed by atoms with van der Waals surface area (Å²) in [6.07, 6.45) is 1.11. The van der Waals surface area contributed by atoms with Crippen LogP contribution in [0.4, 0.5) is 4.39 Å². The second kappa shape index (κ2) is 7.04. The van der Waals surface area contributed by atoms with Gasteiger partial charge in [0.2, 0.25) is 0 Å². The predicted octanol–water partition coefficient (Wildman–Crippen LogP) is 3.72. The van der Waals surface area contributed by atoms with Gasteiger partial charge in [-0.25, -0.2) is 9.37 Å². The highest BCUT2D eigenvalue weighted by atomic mass is 35.5. The van der Waals surface area contributed by atoms with Crippen LogP contribution in [0, 0.1) is 11.7 Å². The van der Waals surface area contributed by atoms with Gasteiger partial charge < -0.3 is 5.32 Å². The summed E-state index contributed by atoms with van der Waals surface area (Å²) in [6, 6.07) is 5.39. The van der Waals surface area contributed by atoms with E-state index < -0.39 is 0 Å². The van der Waals surface area contributed by atoms with Gasteiger partial charge in [-0.15, -0.1) is 11.3 Å². The first kappa shape index (κ1) is 15.9. The topological polar surface area (TPSA) is 28.2 Å². The van der Waals surface area contributed by atoms with E-state index in [0.717, 1.165) is 37.3 Å². The first-order chi connectivity index (χ1) is 10.6. The van der Waals surface area contributed by atoms with E-state index in [2.05, 4.69) is 27.6 Å². The molecule has 1 aliphatic rings. The molecule has 2 unspecified atom stereocenters. The molecule has 1 N–H and O–H groups in total. The van der Waals surface area contributed by atoms with Crippen molar-refractivity contribution in [3.8, 4) is 0 Å². The Kier molecular flexibility index (Phi) is 5.08. The van der Waals surface area contributed by atoms with Gasteiger partial charge in [-0.05, 0) is 43.6 Å². The zero-order valence-electron chi connectivity index (χ0n) is 12.4. The summed E-state index contributed by atoms with van der Waals surface area (Å²) in [4.78, 5) is 6.56. The van der Waals surface area contributed by atoms with E-state index in [1.165, 1.54) is 0 Å². The molecule has 118 valence electrons. The molecule has 0 aliphatic carbocycles. The third-order valence-corrected chi connectivity index (χ3v) is 5.20. The molecule has 2 heterocycles. The molecule has 1 aromatic heterocycles. The normalized spacial score (nSPS) is 22.3. The summed E-state index contributed by atoms with van der Waals surface area (Å²) in [5, 5.41) is 5.71. The maximum Gasteiger partial charge on any atom is 0.142 e. The summed E-state index contributed by atoms with van der Waals surface area (Å²) < 4.78 is 13.8. The Morgan fingerprint density at radius 3 is 3.09 bits per heavy atom. The maximum absolute atomic E-state index is 13.8. The quantitative estimate of drug-likeness (QED) is 0.900. The van der Waals surface area contributed by atoms with Crippen molar-refractivity contribution in [1.29, 1.82) is 0 Å². The predicted molar refractivity (Wildman–Crippen MR) is 88.7 cm³/mol. The summed E-state index contributed by atoms with van der Waals surface area (Å²) in [7, 11) is 2.09. The van der Waals surface area contributed by atoms with Crippen molar-refractivity contribution in [3.05, 3.63) is 51.2 Å². The molecular formula is C16H19ClFN3S. The number of nitrogens with one attached hydrogen (secondary N) is 1. The van der Waals surface area contributed by atoms with Crippen molar-refractivity contribution < 1.29 is 4.39 Å². The average molecular weight is 340 g/mol. The van der Waals surface area contributed by atoms with Gasteiger partial charge in [-0.2, -0.15) is 0 Å². The molecule has 3 nitrogen and oxygen atoms in total. The van der Waals surface area contributed by atoms with E-state index in [1.807, 2.05) is 11.6 Å². The van der Waals surface area contributed by atoms with E-state index in [1.54, 1.807) is 23.5 Å². The van der Waals surface area contributed by atoms with Crippen molar-refractivity contribution in [2.75, 3.05) is 20.1 Å². The smallest absolute Gasteiger partial charge is 0.142 e. The molecule has 1 saturated heterocycles. The second-order valence-electron chi connectivity index (χ2n) is 5.76. The first-order valence-corrected chi connectivity index (χ1v) is 8.70. The Bertz CT molecular complexity index is 620. The number of nitrogens with zero attached hydrogens (tertiary/aromatic N) is 2. The summed E-state index contributed by atoms with van der Waals surface area (Å²) in [6.45, 7) is 2.71. The number of likely N-dealkylation sites (tertiary alicyclic amines) is 1. The monoisotopic (exact) mass is 339 g/mol. The summed E-state index contributed by atoms with van der Waals surface area (Å²) in [5.41, 5.74) is 3.92. The molecule has 22 heavy (non-hydrogen) atoms. The molecule has 0 radical (unpaired) electrons. The summed E-state index contributed by atoms with van der Waals surface area (Å²) >= 11 is 7.40. The van der Waals surface area contributed by atoms with Crippen LogP contribution in [0.2, 0.25) is 5.02 Å². The van der Waals surface area contributed by atoms with Crippen LogP contribution in [0.1, 0.15) is 23.7 Å². The molecule has 0 amide bonds. The van der Waals surface area contributed by atoms with E-state index in [-0.39, 0.29) is 16.9 Å². The fourth-order valence-electron chi connectivity index (χ4n) is 3.17. The Balaban J connectivity index is 1.66. The van der Waals surface area contributed by atoms with Crippen molar-refractivity contribution in [1.82, 2.24) is 15.2 Å². The second-order valence-corrected chi connectivity index (χ2v) is 6.88. The van der Waals surface area contributed by atoms with Crippen LogP contribution in [-0.2, 0) is 6.54 Å². The van der Waals surface area contributed by atoms with Crippen molar-refractivity contribution >= 4 is 22.9 Å². The van der Waals surface area contributed by atoms with Crippen LogP contribution in [0.3, 0.4) is 0 Å². The highest BCUT2D eigenvalue weighted by molar-refractivity contribution is 7.07. The Labute approximate surface area is 139 Å². The largest absolute Gasteiger partial charge is 0.311 e. The molecule has 0 spiro atoms. The van der Waals surface area contributed by atoms with E-state index >= 15 is 0 Å². The third kappa shape index (κ3) is 3.49. The molecule has 1 aromatic carbocycles. The van der Waals surface area contributed by atoms with Crippen LogP contribution < -0.4 is 5.32 Å². The van der Waals surface area contributed by atoms with Crippen LogP contribution in [0.5, 0.6) is 0 Å².